The molecule has 0 radical (unpaired) electrons. The number of nitrogens with one attached hydrogen (secondary N) is 1. The number of likely N-dealkylation sites (N-methyl/N-ethyl adjacent to an activating group) is 1. The van der Waals surface area contributed by atoms with Crippen molar-refractivity contribution in [2.75, 3.05) is 25.0 Å². The van der Waals surface area contributed by atoms with Gasteiger partial charge in [0, 0.05) is 30.3 Å². The highest BCUT2D eigenvalue weighted by Gasteiger charge is 2.09. The average Bonchev–Trinajstić information content (AvgIpc) is 2.35. The predicted octanol–water partition coefficient (Wildman–Crippen LogP) is 2.12. The van der Waals surface area contributed by atoms with Gasteiger partial charge < -0.3 is 16.0 Å². The summed E-state index contributed by atoms with van der Waals surface area (Å²) < 4.78 is 0.972. The lowest BCUT2D eigenvalue weighted by molar-refractivity contribution is -0.119. The maximum absolute atomic E-state index is 11.8. The molecule has 1 aromatic rings. The number of hydrogen-bond donors (Lipinski definition) is 2. The van der Waals surface area contributed by atoms with E-state index in [1.54, 1.807) is 0 Å². The minimum atomic E-state index is 0.0328. The lowest BCUT2D eigenvalue weighted by Crippen LogP contribution is -2.36. The standard InChI is InChI=1S/C14H22BrN3O/c1-10(2)8-17-14(19)9-18(3)13-5-11(7-16)4-12(15)6-13/h4-6,10H,7-9,16H2,1-3H3,(H,17,19). The van der Waals surface area contributed by atoms with E-state index in [0.717, 1.165) is 15.7 Å². The third-order valence-corrected chi connectivity index (χ3v) is 3.16. The van der Waals surface area contributed by atoms with Crippen molar-refractivity contribution >= 4 is 27.5 Å². The molecule has 0 aromatic heterocycles. The highest BCUT2D eigenvalue weighted by atomic mass is 79.9. The van der Waals surface area contributed by atoms with Gasteiger partial charge in [-0.3, -0.25) is 4.79 Å². The van der Waals surface area contributed by atoms with Gasteiger partial charge in [0.2, 0.25) is 5.91 Å². The molecule has 0 bridgehead atoms. The van der Waals surface area contributed by atoms with Crippen molar-refractivity contribution in [1.82, 2.24) is 5.32 Å². The van der Waals surface area contributed by atoms with Crippen LogP contribution in [0.1, 0.15) is 19.4 Å². The maximum Gasteiger partial charge on any atom is 0.239 e. The molecule has 5 heteroatoms. The molecule has 19 heavy (non-hydrogen) atoms. The Hall–Kier alpha value is -1.07. The summed E-state index contributed by atoms with van der Waals surface area (Å²) in [7, 11) is 1.90. The molecule has 1 amide bonds. The summed E-state index contributed by atoms with van der Waals surface area (Å²) in [5.41, 5.74) is 7.67. The maximum atomic E-state index is 11.8. The molecule has 106 valence electrons. The van der Waals surface area contributed by atoms with Crippen molar-refractivity contribution < 1.29 is 4.79 Å². The fourth-order valence-corrected chi connectivity index (χ4v) is 2.18. The number of benzene rings is 1. The zero-order valence-electron chi connectivity index (χ0n) is 11.7. The summed E-state index contributed by atoms with van der Waals surface area (Å²) in [6.07, 6.45) is 0. The summed E-state index contributed by atoms with van der Waals surface area (Å²) in [6, 6.07) is 5.96. The van der Waals surface area contributed by atoms with Crippen molar-refractivity contribution in [2.24, 2.45) is 11.7 Å². The van der Waals surface area contributed by atoms with Gasteiger partial charge >= 0.3 is 0 Å². The predicted molar refractivity (Wildman–Crippen MR) is 83.2 cm³/mol. The van der Waals surface area contributed by atoms with E-state index in [9.17, 15) is 4.79 Å². The first-order valence-corrected chi connectivity index (χ1v) is 7.19. The van der Waals surface area contributed by atoms with Crippen molar-refractivity contribution in [1.29, 1.82) is 0 Å². The van der Waals surface area contributed by atoms with Crippen molar-refractivity contribution in [2.45, 2.75) is 20.4 Å². The zero-order valence-corrected chi connectivity index (χ0v) is 13.3. The van der Waals surface area contributed by atoms with E-state index in [1.807, 2.05) is 30.1 Å². The fourth-order valence-electron chi connectivity index (χ4n) is 1.65. The number of anilines is 1. The van der Waals surface area contributed by atoms with Crippen molar-refractivity contribution in [3.8, 4) is 0 Å². The largest absolute Gasteiger partial charge is 0.365 e. The number of amides is 1. The molecule has 0 heterocycles. The van der Waals surface area contributed by atoms with Gasteiger partial charge in [0.25, 0.3) is 0 Å². The Morgan fingerprint density at radius 3 is 2.68 bits per heavy atom. The Bertz CT molecular complexity index is 435. The molecule has 4 nitrogen and oxygen atoms in total. The Balaban J connectivity index is 2.64. The SMILES string of the molecule is CC(C)CNC(=O)CN(C)c1cc(Br)cc(CN)c1. The Morgan fingerprint density at radius 2 is 2.11 bits per heavy atom. The first-order chi connectivity index (χ1) is 8.92. The highest BCUT2D eigenvalue weighted by Crippen LogP contribution is 2.21. The number of halogens is 1. The van der Waals surface area contributed by atoms with Crippen LogP contribution in [0.5, 0.6) is 0 Å². The van der Waals surface area contributed by atoms with Gasteiger partial charge in [-0.1, -0.05) is 29.8 Å². The van der Waals surface area contributed by atoms with Gasteiger partial charge in [-0.05, 0) is 29.7 Å². The van der Waals surface area contributed by atoms with Crippen LogP contribution in [0.3, 0.4) is 0 Å². The van der Waals surface area contributed by atoms with E-state index in [2.05, 4.69) is 35.1 Å². The topological polar surface area (TPSA) is 58.4 Å². The minimum Gasteiger partial charge on any atom is -0.365 e. The number of carbonyl (C=O) groups is 1. The lowest BCUT2D eigenvalue weighted by Gasteiger charge is -2.20. The van der Waals surface area contributed by atoms with E-state index in [-0.39, 0.29) is 5.91 Å². The van der Waals surface area contributed by atoms with Crippen molar-refractivity contribution in [3.05, 3.63) is 28.2 Å². The van der Waals surface area contributed by atoms with E-state index < -0.39 is 0 Å². The molecule has 0 aliphatic heterocycles. The summed E-state index contributed by atoms with van der Waals surface area (Å²) >= 11 is 3.46. The second kappa shape index (κ2) is 7.50. The Morgan fingerprint density at radius 1 is 1.42 bits per heavy atom. The van der Waals surface area contributed by atoms with Crippen LogP contribution in [0.25, 0.3) is 0 Å². The first-order valence-electron chi connectivity index (χ1n) is 6.39. The van der Waals surface area contributed by atoms with Crippen LogP contribution in [-0.2, 0) is 11.3 Å². The fraction of sp³-hybridized carbons (Fsp3) is 0.500. The second-order valence-corrected chi connectivity index (χ2v) is 5.99. The highest BCUT2D eigenvalue weighted by molar-refractivity contribution is 9.10. The number of nitrogens with zero attached hydrogens (tertiary/aromatic N) is 1. The second-order valence-electron chi connectivity index (χ2n) is 5.08. The molecule has 1 rings (SSSR count). The first kappa shape index (κ1) is 16.0. The Labute approximate surface area is 123 Å². The van der Waals surface area contributed by atoms with Crippen molar-refractivity contribution in [3.63, 3.8) is 0 Å². The van der Waals surface area contributed by atoms with E-state index >= 15 is 0 Å². The molecule has 0 aliphatic rings. The Kier molecular flexibility index (Phi) is 6.31. The molecule has 0 spiro atoms. The number of rotatable bonds is 6. The molecule has 1 aromatic carbocycles. The molecule has 3 N–H and O–H groups in total. The van der Waals surface area contributed by atoms with Crippen LogP contribution in [-0.4, -0.2) is 26.0 Å². The molecule has 0 atom stereocenters. The summed E-state index contributed by atoms with van der Waals surface area (Å²) in [5, 5.41) is 2.91. The van der Waals surface area contributed by atoms with Gasteiger partial charge in [-0.2, -0.15) is 0 Å². The van der Waals surface area contributed by atoms with Gasteiger partial charge in [0.15, 0.2) is 0 Å². The van der Waals surface area contributed by atoms with Crippen LogP contribution in [0.15, 0.2) is 22.7 Å². The number of hydrogen-bond acceptors (Lipinski definition) is 3. The monoisotopic (exact) mass is 327 g/mol. The van der Waals surface area contributed by atoms with Crippen LogP contribution in [0.2, 0.25) is 0 Å². The minimum absolute atomic E-state index is 0.0328. The molecule has 0 saturated carbocycles. The summed E-state index contributed by atoms with van der Waals surface area (Å²) in [4.78, 5) is 13.7. The molecule has 0 fully saturated rings. The van der Waals surface area contributed by atoms with Crippen LogP contribution in [0.4, 0.5) is 5.69 Å². The molecular weight excluding hydrogens is 306 g/mol. The smallest absolute Gasteiger partial charge is 0.239 e. The molecule has 0 unspecified atom stereocenters. The molecule has 0 aliphatic carbocycles. The number of nitrogens with two attached hydrogens (primary N) is 1. The quantitative estimate of drug-likeness (QED) is 0.841. The molecule has 0 saturated heterocycles. The lowest BCUT2D eigenvalue weighted by atomic mass is 10.2. The zero-order chi connectivity index (χ0) is 14.4. The van der Waals surface area contributed by atoms with Crippen LogP contribution in [0, 0.1) is 5.92 Å². The van der Waals surface area contributed by atoms with Crippen LogP contribution < -0.4 is 16.0 Å². The van der Waals surface area contributed by atoms with Gasteiger partial charge in [-0.15, -0.1) is 0 Å². The summed E-state index contributed by atoms with van der Waals surface area (Å²) in [6.45, 7) is 5.68. The van der Waals surface area contributed by atoms with Gasteiger partial charge in [0.1, 0.15) is 0 Å². The third kappa shape index (κ3) is 5.61. The van der Waals surface area contributed by atoms with E-state index in [0.29, 0.717) is 25.6 Å². The van der Waals surface area contributed by atoms with E-state index in [1.165, 1.54) is 0 Å². The average molecular weight is 328 g/mol. The third-order valence-electron chi connectivity index (χ3n) is 2.71. The van der Waals surface area contributed by atoms with Gasteiger partial charge in [-0.25, -0.2) is 0 Å². The summed E-state index contributed by atoms with van der Waals surface area (Å²) in [5.74, 6) is 0.495. The van der Waals surface area contributed by atoms with E-state index in [4.69, 9.17) is 5.73 Å². The normalized spacial score (nSPS) is 10.6. The number of carbonyl (C=O) groups excluding carboxylic acids is 1. The van der Waals surface area contributed by atoms with Crippen LogP contribution >= 0.6 is 15.9 Å². The van der Waals surface area contributed by atoms with Gasteiger partial charge in [0.05, 0.1) is 6.54 Å². The molecular formula is C14H22BrN3O.